The Bertz CT molecular complexity index is 1080. The molecule has 6 nitrogen and oxygen atoms in total. The Morgan fingerprint density at radius 1 is 1.19 bits per heavy atom. The van der Waals surface area contributed by atoms with Crippen LogP contribution in [0.1, 0.15) is 57.1 Å². The van der Waals surface area contributed by atoms with Crippen LogP contribution in [0.5, 0.6) is 0 Å². The number of nitrogens with one attached hydrogen (secondary N) is 2. The van der Waals surface area contributed by atoms with E-state index in [4.69, 9.17) is 34.0 Å². The van der Waals surface area contributed by atoms with Crippen molar-refractivity contribution in [3.63, 3.8) is 0 Å². The standard InChI is InChI=1S/C27H36Cl2FN3O3/c1-26(2,3)14-22-27(15-35,18-12-20(30)19(29)13-21(18)31)23(16-7-6-8-17(28)11-16)24(33-22)25(36)32-9-4-5-10-34/h6-8,11-13,22-24,33-35H,4-5,9-10,14-15,31H2,1-3H3,(H,32,36)/t22-,23+,24-,27-/m1/s1. The van der Waals surface area contributed by atoms with E-state index >= 15 is 0 Å². The average molecular weight is 541 g/mol. The lowest BCUT2D eigenvalue weighted by Crippen LogP contribution is -2.48. The molecule has 0 unspecified atom stereocenters. The molecule has 0 aromatic heterocycles. The van der Waals surface area contributed by atoms with Gasteiger partial charge in [0.1, 0.15) is 5.82 Å². The number of unbranched alkanes of at least 4 members (excludes halogenated alkanes) is 1. The van der Waals surface area contributed by atoms with Crippen LogP contribution in [0.2, 0.25) is 10.0 Å². The van der Waals surface area contributed by atoms with Crippen LogP contribution in [-0.4, -0.2) is 48.0 Å². The van der Waals surface area contributed by atoms with E-state index in [1.807, 2.05) is 6.07 Å². The number of nitrogen functional groups attached to an aromatic ring is 1. The van der Waals surface area contributed by atoms with Gasteiger partial charge in [-0.1, -0.05) is 56.1 Å². The van der Waals surface area contributed by atoms with Gasteiger partial charge in [0.2, 0.25) is 5.91 Å². The first-order chi connectivity index (χ1) is 16.9. The van der Waals surface area contributed by atoms with Gasteiger partial charge < -0.3 is 26.6 Å². The summed E-state index contributed by atoms with van der Waals surface area (Å²) in [5.41, 5.74) is 6.45. The van der Waals surface area contributed by atoms with Crippen LogP contribution in [0.3, 0.4) is 0 Å². The lowest BCUT2D eigenvalue weighted by atomic mass is 9.62. The molecule has 1 heterocycles. The summed E-state index contributed by atoms with van der Waals surface area (Å²) >= 11 is 12.4. The minimum absolute atomic E-state index is 0.0470. The summed E-state index contributed by atoms with van der Waals surface area (Å²) in [7, 11) is 0. The highest BCUT2D eigenvalue weighted by atomic mass is 35.5. The molecule has 4 atom stereocenters. The summed E-state index contributed by atoms with van der Waals surface area (Å²) in [6, 6.07) is 8.61. The molecule has 1 aliphatic rings. The van der Waals surface area contributed by atoms with Crippen LogP contribution in [0, 0.1) is 11.2 Å². The SMILES string of the molecule is CC(C)(C)C[C@H]1N[C@@H](C(=O)NCCCCO)[C@H](c2cccc(Cl)c2)[C@]1(CO)c1cc(F)c(Cl)cc1N. The maximum absolute atomic E-state index is 14.9. The minimum atomic E-state index is -1.15. The van der Waals surface area contributed by atoms with Crippen LogP contribution in [0.15, 0.2) is 36.4 Å². The number of rotatable bonds is 9. The highest BCUT2D eigenvalue weighted by Crippen LogP contribution is 2.53. The predicted molar refractivity (Wildman–Crippen MR) is 143 cm³/mol. The van der Waals surface area contributed by atoms with Gasteiger partial charge in [-0.15, -0.1) is 0 Å². The first-order valence-electron chi connectivity index (χ1n) is 12.2. The molecule has 36 heavy (non-hydrogen) atoms. The van der Waals surface area contributed by atoms with Gasteiger partial charge in [0.15, 0.2) is 0 Å². The van der Waals surface area contributed by atoms with E-state index in [1.54, 1.807) is 18.2 Å². The molecule has 0 aliphatic carbocycles. The Labute approximate surface area is 222 Å². The van der Waals surface area contributed by atoms with Crippen molar-refractivity contribution in [2.24, 2.45) is 5.41 Å². The number of halogens is 3. The number of hydrogen-bond donors (Lipinski definition) is 5. The highest BCUT2D eigenvalue weighted by Gasteiger charge is 2.59. The number of carbonyl (C=O) groups excluding carboxylic acids is 1. The zero-order valence-electron chi connectivity index (χ0n) is 21.0. The predicted octanol–water partition coefficient (Wildman–Crippen LogP) is 4.39. The minimum Gasteiger partial charge on any atom is -0.398 e. The smallest absolute Gasteiger partial charge is 0.237 e. The number of hydrogen-bond acceptors (Lipinski definition) is 5. The van der Waals surface area contributed by atoms with Crippen molar-refractivity contribution in [1.29, 1.82) is 0 Å². The van der Waals surface area contributed by atoms with Crippen LogP contribution < -0.4 is 16.4 Å². The molecule has 0 bridgehead atoms. The number of nitrogens with two attached hydrogens (primary N) is 1. The van der Waals surface area contributed by atoms with Gasteiger partial charge in [0.25, 0.3) is 0 Å². The van der Waals surface area contributed by atoms with Crippen molar-refractivity contribution in [2.75, 3.05) is 25.5 Å². The Balaban J connectivity index is 2.23. The van der Waals surface area contributed by atoms with Crippen LogP contribution in [0.25, 0.3) is 0 Å². The van der Waals surface area contributed by atoms with Gasteiger partial charge in [-0.05, 0) is 60.1 Å². The summed E-state index contributed by atoms with van der Waals surface area (Å²) in [5, 5.41) is 27.0. The summed E-state index contributed by atoms with van der Waals surface area (Å²) in [6.45, 7) is 6.26. The van der Waals surface area contributed by atoms with Crippen LogP contribution in [-0.2, 0) is 10.2 Å². The summed E-state index contributed by atoms with van der Waals surface area (Å²) in [6.07, 6.45) is 1.77. The highest BCUT2D eigenvalue weighted by molar-refractivity contribution is 6.31. The molecule has 198 valence electrons. The van der Waals surface area contributed by atoms with Crippen molar-refractivity contribution in [3.05, 3.63) is 63.4 Å². The molecule has 3 rings (SSSR count). The first kappa shape index (κ1) is 28.7. The van der Waals surface area contributed by atoms with E-state index < -0.39 is 35.8 Å². The molecule has 6 N–H and O–H groups in total. The largest absolute Gasteiger partial charge is 0.398 e. The molecule has 1 aliphatic heterocycles. The third-order valence-electron chi connectivity index (χ3n) is 6.94. The van der Waals surface area contributed by atoms with E-state index in [1.165, 1.54) is 12.1 Å². The third kappa shape index (κ3) is 5.97. The molecule has 9 heteroatoms. The van der Waals surface area contributed by atoms with Crippen molar-refractivity contribution in [1.82, 2.24) is 10.6 Å². The summed E-state index contributed by atoms with van der Waals surface area (Å²) in [4.78, 5) is 13.6. The molecule has 2 aromatic carbocycles. The van der Waals surface area contributed by atoms with Crippen molar-refractivity contribution in [2.45, 2.75) is 63.5 Å². The Hall–Kier alpha value is -1.90. The lowest BCUT2D eigenvalue weighted by Gasteiger charge is -2.42. The fourth-order valence-electron chi connectivity index (χ4n) is 5.42. The molecular weight excluding hydrogens is 504 g/mol. The number of carbonyl (C=O) groups is 1. The zero-order valence-corrected chi connectivity index (χ0v) is 22.5. The number of anilines is 1. The van der Waals surface area contributed by atoms with E-state index in [0.29, 0.717) is 36.4 Å². The van der Waals surface area contributed by atoms with Gasteiger partial charge in [0.05, 0.1) is 17.7 Å². The van der Waals surface area contributed by atoms with E-state index in [9.17, 15) is 14.3 Å². The Kier molecular flexibility index (Phi) is 9.28. The van der Waals surface area contributed by atoms with E-state index in [2.05, 4.69) is 31.4 Å². The molecule has 2 aromatic rings. The average Bonchev–Trinajstić information content (AvgIpc) is 3.12. The molecule has 0 radical (unpaired) electrons. The Morgan fingerprint density at radius 2 is 1.92 bits per heavy atom. The van der Waals surface area contributed by atoms with Gasteiger partial charge in [-0.3, -0.25) is 4.79 Å². The number of benzene rings is 2. The fourth-order valence-corrected chi connectivity index (χ4v) is 5.79. The van der Waals surface area contributed by atoms with Gasteiger partial charge in [-0.25, -0.2) is 4.39 Å². The van der Waals surface area contributed by atoms with Crippen molar-refractivity contribution in [3.8, 4) is 0 Å². The van der Waals surface area contributed by atoms with E-state index in [-0.39, 0.29) is 28.6 Å². The summed E-state index contributed by atoms with van der Waals surface area (Å²) in [5.74, 6) is -1.51. The normalized spacial score (nSPS) is 24.2. The van der Waals surface area contributed by atoms with Crippen molar-refractivity contribution >= 4 is 34.8 Å². The number of aliphatic hydroxyl groups excluding tert-OH is 2. The second-order valence-corrected chi connectivity index (χ2v) is 11.6. The number of aliphatic hydroxyl groups is 2. The number of amides is 1. The zero-order chi connectivity index (χ0) is 26.7. The Morgan fingerprint density at radius 3 is 2.53 bits per heavy atom. The summed E-state index contributed by atoms with van der Waals surface area (Å²) < 4.78 is 14.9. The molecule has 1 saturated heterocycles. The molecular formula is C27H36Cl2FN3O3. The van der Waals surface area contributed by atoms with Gasteiger partial charge in [-0.2, -0.15) is 0 Å². The molecule has 1 amide bonds. The van der Waals surface area contributed by atoms with E-state index in [0.717, 1.165) is 5.56 Å². The first-order valence-corrected chi connectivity index (χ1v) is 13.0. The topological polar surface area (TPSA) is 108 Å². The maximum Gasteiger partial charge on any atom is 0.237 e. The van der Waals surface area contributed by atoms with Crippen LogP contribution >= 0.6 is 23.2 Å². The monoisotopic (exact) mass is 539 g/mol. The van der Waals surface area contributed by atoms with Crippen LogP contribution in [0.4, 0.5) is 10.1 Å². The second kappa shape index (κ2) is 11.7. The molecule has 0 spiro atoms. The second-order valence-electron chi connectivity index (χ2n) is 10.8. The molecule has 1 fully saturated rings. The fraction of sp³-hybridized carbons (Fsp3) is 0.519. The van der Waals surface area contributed by atoms with Gasteiger partial charge in [0, 0.05) is 41.2 Å². The maximum atomic E-state index is 14.9. The molecule has 0 saturated carbocycles. The third-order valence-corrected chi connectivity index (χ3v) is 7.46. The van der Waals surface area contributed by atoms with Gasteiger partial charge >= 0.3 is 0 Å². The quantitative estimate of drug-likeness (QED) is 0.240. The van der Waals surface area contributed by atoms with Crippen molar-refractivity contribution < 1.29 is 19.4 Å². The lowest BCUT2D eigenvalue weighted by molar-refractivity contribution is -0.123.